The molecule has 1 nitrogen and oxygen atoms in total. The number of methoxy groups -OCH3 is 1. The molecule has 2 bridgehead atoms. The Hall–Kier alpha value is -0.690. The van der Waals surface area contributed by atoms with E-state index < -0.39 is 0 Å². The fraction of sp³-hybridized carbons (Fsp3) is 0.647. The van der Waals surface area contributed by atoms with Crippen LogP contribution in [0.1, 0.15) is 37.7 Å². The number of ether oxygens (including phenoxy) is 1. The molecule has 0 radical (unpaired) electrons. The normalized spacial score (nSPS) is 30.5. The molecule has 19 heavy (non-hydrogen) atoms. The molecule has 4 unspecified atom stereocenters. The van der Waals surface area contributed by atoms with Gasteiger partial charge in [0.2, 0.25) is 0 Å². The van der Waals surface area contributed by atoms with E-state index in [0.29, 0.717) is 0 Å². The first-order valence-electron chi connectivity index (χ1n) is 7.52. The molecule has 0 N–H and O–H groups in total. The smallest absolute Gasteiger partial charge is 0.122 e. The predicted octanol–water partition coefficient (Wildman–Crippen LogP) is 4.67. The number of hydrogen-bond acceptors (Lipinski definition) is 1. The van der Waals surface area contributed by atoms with Gasteiger partial charge in [-0.1, -0.05) is 24.6 Å². The Morgan fingerprint density at radius 3 is 2.79 bits per heavy atom. The summed E-state index contributed by atoms with van der Waals surface area (Å²) in [5.74, 6) is 3.85. The van der Waals surface area contributed by atoms with E-state index in [1.54, 1.807) is 7.11 Å². The SMILES string of the molecule is COc1ccccc1CC(Cl)CC1CC2CCC1C2. The van der Waals surface area contributed by atoms with Crippen LogP contribution in [0.4, 0.5) is 0 Å². The number of para-hydroxylation sites is 1. The van der Waals surface area contributed by atoms with Crippen molar-refractivity contribution in [1.82, 2.24) is 0 Å². The van der Waals surface area contributed by atoms with Crippen molar-refractivity contribution in [1.29, 1.82) is 0 Å². The van der Waals surface area contributed by atoms with Crippen molar-refractivity contribution in [2.45, 2.75) is 43.9 Å². The van der Waals surface area contributed by atoms with Crippen LogP contribution in [0.25, 0.3) is 0 Å². The van der Waals surface area contributed by atoms with E-state index in [1.807, 2.05) is 12.1 Å². The quantitative estimate of drug-likeness (QED) is 0.711. The van der Waals surface area contributed by atoms with Crippen LogP contribution >= 0.6 is 11.6 Å². The second-order valence-corrected chi connectivity index (χ2v) is 6.90. The molecule has 0 saturated heterocycles. The summed E-state index contributed by atoms with van der Waals surface area (Å²) in [5.41, 5.74) is 1.24. The van der Waals surface area contributed by atoms with Gasteiger partial charge in [0.05, 0.1) is 7.11 Å². The maximum absolute atomic E-state index is 6.61. The van der Waals surface area contributed by atoms with Gasteiger partial charge in [-0.2, -0.15) is 0 Å². The first-order valence-corrected chi connectivity index (χ1v) is 7.96. The molecule has 0 amide bonds. The third kappa shape index (κ3) is 2.91. The molecule has 0 spiro atoms. The Morgan fingerprint density at radius 1 is 1.26 bits per heavy atom. The topological polar surface area (TPSA) is 9.23 Å². The minimum Gasteiger partial charge on any atom is -0.496 e. The van der Waals surface area contributed by atoms with Gasteiger partial charge < -0.3 is 4.74 Å². The fourth-order valence-electron chi connectivity index (χ4n) is 4.19. The van der Waals surface area contributed by atoms with Crippen LogP contribution in [0, 0.1) is 17.8 Å². The van der Waals surface area contributed by atoms with Crippen molar-refractivity contribution in [3.05, 3.63) is 29.8 Å². The molecule has 2 fully saturated rings. The van der Waals surface area contributed by atoms with Crippen molar-refractivity contribution in [2.75, 3.05) is 7.11 Å². The zero-order valence-electron chi connectivity index (χ0n) is 11.6. The summed E-state index contributed by atoms with van der Waals surface area (Å²) in [6, 6.07) is 8.24. The van der Waals surface area contributed by atoms with Crippen LogP contribution in [0.3, 0.4) is 0 Å². The lowest BCUT2D eigenvalue weighted by atomic mass is 9.84. The minimum atomic E-state index is 0.251. The molecule has 4 atom stereocenters. The third-order valence-corrected chi connectivity index (χ3v) is 5.41. The molecule has 2 aliphatic carbocycles. The summed E-state index contributed by atoms with van der Waals surface area (Å²) in [4.78, 5) is 0. The lowest BCUT2D eigenvalue weighted by Crippen LogP contribution is -2.17. The van der Waals surface area contributed by atoms with Gasteiger partial charge in [-0.3, -0.25) is 0 Å². The van der Waals surface area contributed by atoms with Gasteiger partial charge in [0.25, 0.3) is 0 Å². The van der Waals surface area contributed by atoms with Gasteiger partial charge in [0.1, 0.15) is 5.75 Å². The molecule has 1 aromatic carbocycles. The summed E-state index contributed by atoms with van der Waals surface area (Å²) in [7, 11) is 1.73. The molecule has 104 valence electrons. The van der Waals surface area contributed by atoms with Crippen molar-refractivity contribution >= 4 is 11.6 Å². The lowest BCUT2D eigenvalue weighted by molar-refractivity contribution is 0.310. The second kappa shape index (κ2) is 5.75. The van der Waals surface area contributed by atoms with E-state index in [-0.39, 0.29) is 5.38 Å². The molecule has 2 heteroatoms. The van der Waals surface area contributed by atoms with Crippen molar-refractivity contribution in [3.63, 3.8) is 0 Å². The molecule has 0 aliphatic heterocycles. The van der Waals surface area contributed by atoms with Crippen LogP contribution in [-0.2, 0) is 6.42 Å². The summed E-state index contributed by atoms with van der Waals surface area (Å²) in [5, 5.41) is 0.251. The summed E-state index contributed by atoms with van der Waals surface area (Å²) in [6.45, 7) is 0. The number of rotatable bonds is 5. The monoisotopic (exact) mass is 278 g/mol. The zero-order chi connectivity index (χ0) is 13.2. The number of benzene rings is 1. The van der Waals surface area contributed by atoms with Crippen LogP contribution in [0.5, 0.6) is 5.75 Å². The van der Waals surface area contributed by atoms with Gasteiger partial charge in [-0.15, -0.1) is 11.6 Å². The number of fused-ring (bicyclic) bond motifs is 2. The number of hydrogen-bond donors (Lipinski definition) is 0. The first-order chi connectivity index (χ1) is 9.26. The van der Waals surface area contributed by atoms with E-state index in [0.717, 1.165) is 29.9 Å². The number of alkyl halides is 1. The summed E-state index contributed by atoms with van der Waals surface area (Å²) in [6.07, 6.45) is 7.94. The standard InChI is InChI=1S/C17H23ClO/c1-19-17-5-3-2-4-14(17)10-16(18)11-15-9-12-6-7-13(15)8-12/h2-5,12-13,15-16H,6-11H2,1H3. The lowest BCUT2D eigenvalue weighted by Gasteiger charge is -2.24. The Kier molecular flexibility index (Phi) is 4.02. The first kappa shape index (κ1) is 13.3. The molecule has 0 aromatic heterocycles. The molecular weight excluding hydrogens is 256 g/mol. The van der Waals surface area contributed by atoms with Crippen LogP contribution < -0.4 is 4.74 Å². The van der Waals surface area contributed by atoms with Crippen LogP contribution in [0.2, 0.25) is 0 Å². The van der Waals surface area contributed by atoms with Crippen LogP contribution in [-0.4, -0.2) is 12.5 Å². The van der Waals surface area contributed by atoms with Crippen molar-refractivity contribution in [3.8, 4) is 5.75 Å². The van der Waals surface area contributed by atoms with Gasteiger partial charge in [0.15, 0.2) is 0 Å². The Morgan fingerprint density at radius 2 is 2.11 bits per heavy atom. The summed E-state index contributed by atoms with van der Waals surface area (Å²) < 4.78 is 5.41. The highest BCUT2D eigenvalue weighted by molar-refractivity contribution is 6.20. The molecule has 3 rings (SSSR count). The summed E-state index contributed by atoms with van der Waals surface area (Å²) >= 11 is 6.61. The average Bonchev–Trinajstić information content (AvgIpc) is 3.01. The largest absolute Gasteiger partial charge is 0.496 e. The fourth-order valence-corrected chi connectivity index (χ4v) is 4.58. The van der Waals surface area contributed by atoms with Gasteiger partial charge >= 0.3 is 0 Å². The maximum Gasteiger partial charge on any atom is 0.122 e. The van der Waals surface area contributed by atoms with Gasteiger partial charge in [-0.25, -0.2) is 0 Å². The van der Waals surface area contributed by atoms with E-state index in [4.69, 9.17) is 16.3 Å². The van der Waals surface area contributed by atoms with E-state index in [9.17, 15) is 0 Å². The van der Waals surface area contributed by atoms with E-state index >= 15 is 0 Å². The molecule has 0 heterocycles. The van der Waals surface area contributed by atoms with Crippen molar-refractivity contribution in [2.24, 2.45) is 17.8 Å². The van der Waals surface area contributed by atoms with Crippen LogP contribution in [0.15, 0.2) is 24.3 Å². The second-order valence-electron chi connectivity index (χ2n) is 6.28. The minimum absolute atomic E-state index is 0.251. The average molecular weight is 279 g/mol. The van der Waals surface area contributed by atoms with E-state index in [1.165, 1.54) is 37.7 Å². The zero-order valence-corrected chi connectivity index (χ0v) is 12.4. The predicted molar refractivity (Wildman–Crippen MR) is 79.9 cm³/mol. The van der Waals surface area contributed by atoms with Crippen molar-refractivity contribution < 1.29 is 4.74 Å². The molecule has 1 aromatic rings. The molecule has 2 saturated carbocycles. The highest BCUT2D eigenvalue weighted by Gasteiger charge is 2.39. The molecular formula is C17H23ClO. The Bertz CT molecular complexity index is 431. The van der Waals surface area contributed by atoms with E-state index in [2.05, 4.69) is 12.1 Å². The third-order valence-electron chi connectivity index (χ3n) is 5.08. The van der Waals surface area contributed by atoms with Gasteiger partial charge in [-0.05, 0) is 61.5 Å². The number of halogens is 1. The van der Waals surface area contributed by atoms with Gasteiger partial charge in [0, 0.05) is 5.38 Å². The highest BCUT2D eigenvalue weighted by atomic mass is 35.5. The Balaban J connectivity index is 1.57. The Labute approximate surface area is 121 Å². The maximum atomic E-state index is 6.61. The molecule has 2 aliphatic rings. The highest BCUT2D eigenvalue weighted by Crippen LogP contribution is 2.50.